The van der Waals surface area contributed by atoms with Gasteiger partial charge >= 0.3 is 0 Å². The molecule has 31 heavy (non-hydrogen) atoms. The average Bonchev–Trinajstić information content (AvgIpc) is 2.95. The van der Waals surface area contributed by atoms with Gasteiger partial charge in [0.25, 0.3) is 0 Å². The predicted molar refractivity (Wildman–Crippen MR) is 126 cm³/mol. The van der Waals surface area contributed by atoms with Gasteiger partial charge < -0.3 is 14.6 Å². The first-order valence-electron chi connectivity index (χ1n) is 12.7. The molecule has 2 saturated heterocycles. The average molecular weight is 430 g/mol. The van der Waals surface area contributed by atoms with E-state index >= 15 is 0 Å². The zero-order valence-electron chi connectivity index (χ0n) is 20.1. The highest BCUT2D eigenvalue weighted by molar-refractivity contribution is 5.80. The lowest BCUT2D eigenvalue weighted by Crippen LogP contribution is -2.51. The first kappa shape index (κ1) is 22.6. The molecule has 2 aliphatic heterocycles. The van der Waals surface area contributed by atoms with Gasteiger partial charge in [-0.3, -0.25) is 9.89 Å². The van der Waals surface area contributed by atoms with E-state index in [0.717, 1.165) is 61.9 Å². The topological polar surface area (TPSA) is 56.9 Å². The zero-order valence-corrected chi connectivity index (χ0v) is 20.1. The van der Waals surface area contributed by atoms with Crippen LogP contribution in [0.3, 0.4) is 0 Å². The van der Waals surface area contributed by atoms with Crippen LogP contribution in [0.25, 0.3) is 0 Å². The van der Waals surface area contributed by atoms with Crippen molar-refractivity contribution in [3.8, 4) is 0 Å². The summed E-state index contributed by atoms with van der Waals surface area (Å²) >= 11 is 0. The second kappa shape index (κ2) is 10.4. The van der Waals surface area contributed by atoms with Gasteiger partial charge in [-0.05, 0) is 76.8 Å². The van der Waals surface area contributed by atoms with Gasteiger partial charge in [0.05, 0.1) is 12.2 Å². The molecule has 0 bridgehead atoms. The van der Waals surface area contributed by atoms with Crippen LogP contribution in [-0.2, 0) is 6.54 Å². The van der Waals surface area contributed by atoms with Gasteiger partial charge in [0.15, 0.2) is 5.96 Å². The van der Waals surface area contributed by atoms with Gasteiger partial charge in [0.2, 0.25) is 5.89 Å². The Morgan fingerprint density at radius 3 is 2.42 bits per heavy atom. The Morgan fingerprint density at radius 1 is 1.06 bits per heavy atom. The number of hydrogen-bond donors (Lipinski definition) is 1. The van der Waals surface area contributed by atoms with Gasteiger partial charge in [0.1, 0.15) is 5.76 Å². The summed E-state index contributed by atoms with van der Waals surface area (Å²) in [6.07, 6.45) is 13.7. The summed E-state index contributed by atoms with van der Waals surface area (Å²) in [5.74, 6) is 3.67. The van der Waals surface area contributed by atoms with Gasteiger partial charge in [-0.2, -0.15) is 0 Å². The molecule has 6 heteroatoms. The second-order valence-electron chi connectivity index (χ2n) is 10.3. The number of guanidine groups is 1. The number of nitrogens with one attached hydrogen (secondary N) is 1. The van der Waals surface area contributed by atoms with E-state index in [1.807, 2.05) is 20.9 Å². The van der Waals surface area contributed by atoms with Crippen molar-refractivity contribution >= 4 is 5.96 Å². The highest BCUT2D eigenvalue weighted by atomic mass is 16.4. The smallest absolute Gasteiger partial charge is 0.208 e. The third kappa shape index (κ3) is 5.82. The maximum Gasteiger partial charge on any atom is 0.208 e. The molecule has 1 aromatic rings. The van der Waals surface area contributed by atoms with Crippen molar-refractivity contribution in [1.82, 2.24) is 20.1 Å². The lowest BCUT2D eigenvalue weighted by Gasteiger charge is -2.44. The molecule has 0 aromatic carbocycles. The maximum atomic E-state index is 5.77. The predicted octanol–water partition coefficient (Wildman–Crippen LogP) is 4.52. The van der Waals surface area contributed by atoms with E-state index in [1.54, 1.807) is 0 Å². The van der Waals surface area contributed by atoms with Crippen molar-refractivity contribution in [2.45, 2.75) is 84.6 Å². The maximum absolute atomic E-state index is 5.77. The molecule has 6 nitrogen and oxygen atoms in total. The Labute approximate surface area is 188 Å². The molecule has 0 unspecified atom stereocenters. The van der Waals surface area contributed by atoms with Crippen molar-refractivity contribution < 1.29 is 4.42 Å². The molecular formula is C25H43N5O. The summed E-state index contributed by atoms with van der Waals surface area (Å²) < 4.78 is 5.77. The fourth-order valence-corrected chi connectivity index (χ4v) is 5.99. The molecule has 0 radical (unpaired) electrons. The third-order valence-corrected chi connectivity index (χ3v) is 8.02. The number of likely N-dealkylation sites (tertiary alicyclic amines) is 2. The second-order valence-corrected chi connectivity index (χ2v) is 10.3. The SMILES string of the molecule is CN=C(NCC1CCN(Cc2nc(C)c(C)o2)CC1)N1CCCC2(CCCCCC2)C1. The Morgan fingerprint density at radius 2 is 1.77 bits per heavy atom. The summed E-state index contributed by atoms with van der Waals surface area (Å²) in [4.78, 5) is 14.3. The van der Waals surface area contributed by atoms with E-state index in [0.29, 0.717) is 5.41 Å². The highest BCUT2D eigenvalue weighted by Gasteiger charge is 2.36. The Hall–Kier alpha value is -1.56. The van der Waals surface area contributed by atoms with Crippen LogP contribution in [0.15, 0.2) is 9.41 Å². The van der Waals surface area contributed by atoms with Crippen LogP contribution in [0.2, 0.25) is 0 Å². The zero-order chi connectivity index (χ0) is 21.7. The van der Waals surface area contributed by atoms with Crippen molar-refractivity contribution in [3.05, 3.63) is 17.3 Å². The molecule has 1 saturated carbocycles. The summed E-state index contributed by atoms with van der Waals surface area (Å²) in [5.41, 5.74) is 1.57. The molecular weight excluding hydrogens is 386 g/mol. The van der Waals surface area contributed by atoms with E-state index in [1.165, 1.54) is 70.8 Å². The number of oxazole rings is 1. The van der Waals surface area contributed by atoms with E-state index in [4.69, 9.17) is 4.42 Å². The largest absolute Gasteiger partial charge is 0.444 e. The lowest BCUT2D eigenvalue weighted by molar-refractivity contribution is 0.114. The van der Waals surface area contributed by atoms with Gasteiger partial charge in [-0.1, -0.05) is 25.7 Å². The quantitative estimate of drug-likeness (QED) is 0.563. The number of piperidine rings is 2. The van der Waals surface area contributed by atoms with E-state index in [-0.39, 0.29) is 0 Å². The molecule has 1 spiro atoms. The molecule has 1 aromatic heterocycles. The van der Waals surface area contributed by atoms with Crippen molar-refractivity contribution in [3.63, 3.8) is 0 Å². The van der Waals surface area contributed by atoms with Crippen molar-refractivity contribution in [2.24, 2.45) is 16.3 Å². The van der Waals surface area contributed by atoms with Gasteiger partial charge in [-0.25, -0.2) is 4.98 Å². The number of aromatic nitrogens is 1. The number of aryl methyl sites for hydroxylation is 2. The number of nitrogens with zero attached hydrogens (tertiary/aromatic N) is 4. The molecule has 1 N–H and O–H groups in total. The molecule has 1 aliphatic carbocycles. The lowest BCUT2D eigenvalue weighted by atomic mass is 9.74. The first-order valence-corrected chi connectivity index (χ1v) is 12.7. The third-order valence-electron chi connectivity index (χ3n) is 8.02. The monoisotopic (exact) mass is 429 g/mol. The van der Waals surface area contributed by atoms with E-state index in [2.05, 4.69) is 25.1 Å². The molecule has 3 fully saturated rings. The fourth-order valence-electron chi connectivity index (χ4n) is 5.99. The van der Waals surface area contributed by atoms with Gasteiger partial charge in [0, 0.05) is 26.7 Å². The van der Waals surface area contributed by atoms with Crippen LogP contribution in [0, 0.1) is 25.2 Å². The first-order chi connectivity index (χ1) is 15.1. The van der Waals surface area contributed by atoms with E-state index in [9.17, 15) is 0 Å². The Balaban J connectivity index is 1.23. The summed E-state index contributed by atoms with van der Waals surface area (Å²) in [7, 11) is 1.96. The minimum absolute atomic E-state index is 0.550. The molecule has 174 valence electrons. The standard InChI is InChI=1S/C25H43N5O/c1-20-21(2)31-23(28-20)18-29-15-9-22(10-16-29)17-27-24(26-3)30-14-8-13-25(19-30)11-6-4-5-7-12-25/h22H,4-19H2,1-3H3,(H,26,27). The van der Waals surface area contributed by atoms with Crippen molar-refractivity contribution in [2.75, 3.05) is 39.8 Å². The number of rotatable bonds is 4. The van der Waals surface area contributed by atoms with Crippen LogP contribution < -0.4 is 5.32 Å². The summed E-state index contributed by atoms with van der Waals surface area (Å²) in [6.45, 7) is 10.5. The molecule has 4 rings (SSSR count). The molecule has 3 aliphatic rings. The van der Waals surface area contributed by atoms with Crippen LogP contribution in [0.5, 0.6) is 0 Å². The highest BCUT2D eigenvalue weighted by Crippen LogP contribution is 2.42. The van der Waals surface area contributed by atoms with Gasteiger partial charge in [-0.15, -0.1) is 0 Å². The van der Waals surface area contributed by atoms with E-state index < -0.39 is 0 Å². The van der Waals surface area contributed by atoms with Crippen LogP contribution in [-0.4, -0.2) is 60.5 Å². The van der Waals surface area contributed by atoms with Crippen LogP contribution in [0.4, 0.5) is 0 Å². The molecule has 0 amide bonds. The summed E-state index contributed by atoms with van der Waals surface area (Å²) in [5, 5.41) is 3.75. The minimum Gasteiger partial charge on any atom is -0.444 e. The number of hydrogen-bond acceptors (Lipinski definition) is 4. The fraction of sp³-hybridized carbons (Fsp3) is 0.840. The molecule has 0 atom stereocenters. The van der Waals surface area contributed by atoms with Crippen LogP contribution >= 0.6 is 0 Å². The summed E-state index contributed by atoms with van der Waals surface area (Å²) in [6, 6.07) is 0. The van der Waals surface area contributed by atoms with Crippen molar-refractivity contribution in [1.29, 1.82) is 0 Å². The Kier molecular flexibility index (Phi) is 7.57. The molecule has 3 heterocycles. The number of aliphatic imine (C=N–C) groups is 1. The Bertz CT molecular complexity index is 707. The minimum atomic E-state index is 0.550. The normalized spacial score (nSPS) is 23.8. The van der Waals surface area contributed by atoms with Crippen LogP contribution in [0.1, 0.15) is 81.6 Å².